The molecule has 0 saturated heterocycles. The molecule has 0 saturated carbocycles. The fraction of sp³-hybridized carbons (Fsp3) is 0.273. The minimum atomic E-state index is -0.300. The van der Waals surface area contributed by atoms with Gasteiger partial charge in [0, 0.05) is 11.9 Å². The van der Waals surface area contributed by atoms with Gasteiger partial charge in [-0.3, -0.25) is 29.4 Å². The molecule has 0 spiro atoms. The third kappa shape index (κ3) is 5.75. The summed E-state index contributed by atoms with van der Waals surface area (Å²) in [5.41, 5.74) is 2.03. The number of halogens is 1. The predicted octanol–water partition coefficient (Wildman–Crippen LogP) is 0.925. The van der Waals surface area contributed by atoms with Gasteiger partial charge in [0.05, 0.1) is 22.3 Å². The van der Waals surface area contributed by atoms with Crippen LogP contribution in [0, 0.1) is 0 Å². The molecule has 0 aliphatic carbocycles. The van der Waals surface area contributed by atoms with Gasteiger partial charge in [0.15, 0.2) is 0 Å². The average Bonchev–Trinajstić information content (AvgIpc) is 3.17. The Morgan fingerprint density at radius 3 is 1.60 bits per heavy atom. The fourth-order valence-electron chi connectivity index (χ4n) is 3.28. The van der Waals surface area contributed by atoms with Gasteiger partial charge in [0.1, 0.15) is 0 Å². The zero-order valence-corrected chi connectivity index (χ0v) is 21.5. The third-order valence-corrected chi connectivity index (χ3v) is 5.35. The number of benzene rings is 2. The Kier molecular flexibility index (Phi) is 10.1. The van der Waals surface area contributed by atoms with E-state index in [1.54, 1.807) is 48.5 Å². The normalized spacial score (nSPS) is 13.8. The molecule has 1 N–H and O–H groups in total. The van der Waals surface area contributed by atoms with Gasteiger partial charge in [-0.25, -0.2) is 0 Å². The van der Waals surface area contributed by atoms with E-state index in [4.69, 9.17) is 0 Å². The molecule has 0 radical (unpaired) electrons. The topological polar surface area (TPSA) is 83.5 Å². The summed E-state index contributed by atoms with van der Waals surface area (Å²) in [5, 5.41) is 3.22. The molecular weight excluding hydrogens is 475 g/mol. The van der Waals surface area contributed by atoms with Gasteiger partial charge in [0.25, 0.3) is 23.6 Å². The van der Waals surface area contributed by atoms with Gasteiger partial charge in [-0.1, -0.05) is 53.0 Å². The van der Waals surface area contributed by atoms with Gasteiger partial charge in [-0.15, -0.1) is 0 Å². The summed E-state index contributed by atoms with van der Waals surface area (Å²) in [7, 11) is 0. The summed E-state index contributed by atoms with van der Waals surface area (Å²) in [6.45, 7) is 0.536. The number of nitrogens with zero attached hydrogens (tertiary/aromatic N) is 1. The van der Waals surface area contributed by atoms with Crippen LogP contribution in [0.1, 0.15) is 68.5 Å². The molecule has 2 aromatic rings. The number of imide groups is 2. The second-order valence-corrected chi connectivity index (χ2v) is 7.53. The van der Waals surface area contributed by atoms with Crippen molar-refractivity contribution < 1.29 is 72.0 Å². The smallest absolute Gasteiger partial charge is 1.00 e. The maximum atomic E-state index is 12.0. The molecule has 0 aromatic heterocycles. The van der Waals surface area contributed by atoms with Crippen LogP contribution in [-0.2, 0) is 0 Å². The molecular formula is C22H22BrKN2O4. The molecule has 152 valence electrons. The quantitative estimate of drug-likeness (QED) is 0.279. The van der Waals surface area contributed by atoms with E-state index in [9.17, 15) is 19.2 Å². The minimum absolute atomic E-state index is 0. The van der Waals surface area contributed by atoms with Gasteiger partial charge < -0.3 is 1.43 Å². The van der Waals surface area contributed by atoms with Crippen LogP contribution in [-0.4, -0.2) is 40.4 Å². The van der Waals surface area contributed by atoms with E-state index < -0.39 is 0 Å². The van der Waals surface area contributed by atoms with E-state index in [1.807, 2.05) is 0 Å². The zero-order valence-electron chi connectivity index (χ0n) is 17.8. The standard InChI is InChI=1S/C14H16BrNO2.C8H5NO2.K.H/c15-9-5-1-2-6-10-16-13(17)11-7-3-4-8-12(11)14(16)18;10-7-5-3-1-2-4-6(5)8(11)9-7;;/h3-4,7-8H,1-2,5-6,9-10H2;1-4H,(H,9,10,11);;/q;;+1;-1. The molecule has 8 heteroatoms. The van der Waals surface area contributed by atoms with Crippen molar-refractivity contribution in [3.05, 3.63) is 70.8 Å². The zero-order chi connectivity index (χ0) is 20.8. The summed E-state index contributed by atoms with van der Waals surface area (Å²) in [5.74, 6) is -0.886. The molecule has 2 aromatic carbocycles. The predicted molar refractivity (Wildman–Crippen MR) is 113 cm³/mol. The van der Waals surface area contributed by atoms with Crippen LogP contribution >= 0.6 is 15.9 Å². The SMILES string of the molecule is O=C1NC(=O)c2ccccc21.O=C1c2ccccc2C(=O)N1CCCCCCBr.[H-].[K+]. The first-order valence-electron chi connectivity index (χ1n) is 9.50. The first-order chi connectivity index (χ1) is 14.0. The van der Waals surface area contributed by atoms with Crippen LogP contribution in [0.5, 0.6) is 0 Å². The molecule has 6 nitrogen and oxygen atoms in total. The van der Waals surface area contributed by atoms with Gasteiger partial charge in [-0.2, -0.15) is 0 Å². The molecule has 2 heterocycles. The van der Waals surface area contributed by atoms with Gasteiger partial charge in [-0.05, 0) is 37.1 Å². The Morgan fingerprint density at radius 2 is 1.13 bits per heavy atom. The third-order valence-electron chi connectivity index (χ3n) is 4.79. The van der Waals surface area contributed by atoms with Crippen molar-refractivity contribution in [3.8, 4) is 0 Å². The van der Waals surface area contributed by atoms with Crippen molar-refractivity contribution >= 4 is 39.6 Å². The minimum Gasteiger partial charge on any atom is -1.00 e. The second kappa shape index (κ2) is 12.0. The summed E-state index contributed by atoms with van der Waals surface area (Å²) < 4.78 is 0. The van der Waals surface area contributed by atoms with Crippen LogP contribution in [0.2, 0.25) is 0 Å². The number of carbonyl (C=O) groups is 4. The fourth-order valence-corrected chi connectivity index (χ4v) is 3.67. The van der Waals surface area contributed by atoms with E-state index in [2.05, 4.69) is 21.2 Å². The number of hydrogen-bond acceptors (Lipinski definition) is 4. The van der Waals surface area contributed by atoms with E-state index in [0.29, 0.717) is 28.8 Å². The van der Waals surface area contributed by atoms with E-state index >= 15 is 0 Å². The average molecular weight is 497 g/mol. The number of carbonyl (C=O) groups excluding carboxylic acids is 4. The summed E-state index contributed by atoms with van der Waals surface area (Å²) in [6.07, 6.45) is 4.22. The Bertz CT molecular complexity index is 902. The van der Waals surface area contributed by atoms with E-state index in [1.165, 1.54) is 4.90 Å². The van der Waals surface area contributed by atoms with Crippen molar-refractivity contribution in [3.63, 3.8) is 0 Å². The van der Waals surface area contributed by atoms with Crippen LogP contribution < -0.4 is 56.7 Å². The summed E-state index contributed by atoms with van der Waals surface area (Å²) in [4.78, 5) is 47.3. The molecule has 2 aliphatic rings. The summed E-state index contributed by atoms with van der Waals surface area (Å²) >= 11 is 3.39. The van der Waals surface area contributed by atoms with Crippen molar-refractivity contribution in [2.75, 3.05) is 11.9 Å². The first kappa shape index (κ1) is 25.1. The molecule has 0 fully saturated rings. The molecule has 30 heavy (non-hydrogen) atoms. The molecule has 0 unspecified atom stereocenters. The number of unbranched alkanes of at least 4 members (excludes halogenated alkanes) is 3. The second-order valence-electron chi connectivity index (χ2n) is 6.74. The molecule has 0 atom stereocenters. The van der Waals surface area contributed by atoms with Crippen molar-refractivity contribution in [2.24, 2.45) is 0 Å². The molecule has 4 amide bonds. The maximum Gasteiger partial charge on any atom is 1.00 e. The van der Waals surface area contributed by atoms with Crippen LogP contribution in [0.25, 0.3) is 0 Å². The number of alkyl halides is 1. The number of nitrogens with one attached hydrogen (secondary N) is 1. The monoisotopic (exact) mass is 496 g/mol. The number of amides is 4. The molecule has 0 bridgehead atoms. The Labute approximate surface area is 227 Å². The molecule has 4 rings (SSSR count). The Morgan fingerprint density at radius 1 is 0.700 bits per heavy atom. The first-order valence-corrected chi connectivity index (χ1v) is 10.6. The van der Waals surface area contributed by atoms with Crippen LogP contribution in [0.15, 0.2) is 48.5 Å². The van der Waals surface area contributed by atoms with Crippen molar-refractivity contribution in [1.82, 2.24) is 10.2 Å². The van der Waals surface area contributed by atoms with Crippen LogP contribution in [0.4, 0.5) is 0 Å². The summed E-state index contributed by atoms with van der Waals surface area (Å²) in [6, 6.07) is 13.8. The Hall–Kier alpha value is -1.16. The van der Waals surface area contributed by atoms with E-state index in [0.717, 1.165) is 31.0 Å². The molecule has 2 aliphatic heterocycles. The number of hydrogen-bond donors (Lipinski definition) is 1. The number of rotatable bonds is 6. The van der Waals surface area contributed by atoms with Gasteiger partial charge >= 0.3 is 51.4 Å². The van der Waals surface area contributed by atoms with Crippen LogP contribution in [0.3, 0.4) is 0 Å². The van der Waals surface area contributed by atoms with Crippen molar-refractivity contribution in [1.29, 1.82) is 0 Å². The maximum absolute atomic E-state index is 12.0. The van der Waals surface area contributed by atoms with E-state index in [-0.39, 0.29) is 76.4 Å². The largest absolute Gasteiger partial charge is 1.00 e. The number of fused-ring (bicyclic) bond motifs is 2. The van der Waals surface area contributed by atoms with Crippen molar-refractivity contribution in [2.45, 2.75) is 25.7 Å². The Balaban J connectivity index is 0.000000320. The van der Waals surface area contributed by atoms with Gasteiger partial charge in [0.2, 0.25) is 0 Å².